The molecule has 1 N–H and O–H groups in total. The van der Waals surface area contributed by atoms with Gasteiger partial charge in [0, 0.05) is 0 Å². The first-order valence-corrected chi connectivity index (χ1v) is 15.1. The van der Waals surface area contributed by atoms with Crippen LogP contribution in [0, 0.1) is 0 Å². The summed E-state index contributed by atoms with van der Waals surface area (Å²) in [6, 6.07) is 30.9. The van der Waals surface area contributed by atoms with Gasteiger partial charge < -0.3 is 0 Å². The molecule has 3 nitrogen and oxygen atoms in total. The second kappa shape index (κ2) is 11.4. The van der Waals surface area contributed by atoms with Crippen LogP contribution in [0.2, 0.25) is 0 Å². The molecular formula is C28H38BO3P. The van der Waals surface area contributed by atoms with Crippen molar-refractivity contribution < 1.29 is 14.1 Å². The van der Waals surface area contributed by atoms with E-state index in [0.717, 1.165) is 41.3 Å². The van der Waals surface area contributed by atoms with Gasteiger partial charge in [0.05, 0.1) is 0 Å². The van der Waals surface area contributed by atoms with Gasteiger partial charge in [-0.25, -0.2) is 0 Å². The van der Waals surface area contributed by atoms with Crippen LogP contribution in [0.25, 0.3) is 0 Å². The Morgan fingerprint density at radius 2 is 1.00 bits per heavy atom. The molecule has 0 saturated carbocycles. The zero-order valence-electron chi connectivity index (χ0n) is 20.4. The van der Waals surface area contributed by atoms with Crippen LogP contribution in [0.15, 0.2) is 91.0 Å². The van der Waals surface area contributed by atoms with Crippen molar-refractivity contribution in [1.29, 1.82) is 0 Å². The molecule has 0 saturated heterocycles. The Labute approximate surface area is 200 Å². The van der Waals surface area contributed by atoms with Gasteiger partial charge in [-0.15, -0.1) is 0 Å². The summed E-state index contributed by atoms with van der Waals surface area (Å²) in [6.07, 6.45) is 3.34. The van der Waals surface area contributed by atoms with Crippen molar-refractivity contribution in [1.82, 2.24) is 0 Å². The Bertz CT molecular complexity index is 901. The van der Waals surface area contributed by atoms with Crippen molar-refractivity contribution in [2.75, 3.05) is 24.6 Å². The second-order valence-electron chi connectivity index (χ2n) is 8.80. The molecule has 0 bridgehead atoms. The van der Waals surface area contributed by atoms with Crippen LogP contribution in [0.3, 0.4) is 0 Å². The van der Waals surface area contributed by atoms with Gasteiger partial charge in [0.1, 0.15) is 0 Å². The van der Waals surface area contributed by atoms with Gasteiger partial charge in [-0.3, -0.25) is 0 Å². The van der Waals surface area contributed by atoms with Gasteiger partial charge in [0.2, 0.25) is 0 Å². The van der Waals surface area contributed by atoms with E-state index < -0.39 is 20.3 Å². The third-order valence-electron chi connectivity index (χ3n) is 7.60. The van der Waals surface area contributed by atoms with Crippen LogP contribution >= 0.6 is 6.83 Å². The van der Waals surface area contributed by atoms with Gasteiger partial charge in [0.25, 0.3) is 0 Å². The van der Waals surface area contributed by atoms with Crippen molar-refractivity contribution >= 4 is 14.2 Å². The van der Waals surface area contributed by atoms with Crippen molar-refractivity contribution in [3.63, 3.8) is 0 Å². The van der Waals surface area contributed by atoms with Gasteiger partial charge in [-0.05, 0) is 0 Å². The maximum absolute atomic E-state index is 11.2. The van der Waals surface area contributed by atoms with E-state index in [-0.39, 0.29) is 5.92 Å². The average molecular weight is 464 g/mol. The maximum atomic E-state index is 11.2. The Kier molecular flexibility index (Phi) is 8.90. The van der Waals surface area contributed by atoms with Gasteiger partial charge in [0.15, 0.2) is 0 Å². The molecular weight excluding hydrogens is 426 g/mol. The molecule has 0 fully saturated rings. The van der Waals surface area contributed by atoms with Gasteiger partial charge in [-0.1, -0.05) is 0 Å². The van der Waals surface area contributed by atoms with E-state index >= 15 is 0 Å². The monoisotopic (exact) mass is 464 g/mol. The Morgan fingerprint density at radius 3 is 1.36 bits per heavy atom. The van der Waals surface area contributed by atoms with Crippen LogP contribution in [-0.2, 0) is 9.10 Å². The molecule has 0 radical (unpaired) electrons. The van der Waals surface area contributed by atoms with Crippen molar-refractivity contribution in [3.05, 3.63) is 108 Å². The van der Waals surface area contributed by atoms with E-state index in [0.29, 0.717) is 0 Å². The van der Waals surface area contributed by atoms with E-state index in [2.05, 4.69) is 88.4 Å². The third kappa shape index (κ3) is 5.76. The molecule has 0 heterocycles. The summed E-state index contributed by atoms with van der Waals surface area (Å²) in [4.78, 5) is 0. The van der Waals surface area contributed by atoms with Gasteiger partial charge >= 0.3 is 200 Å². The molecule has 33 heavy (non-hydrogen) atoms. The normalized spacial score (nSPS) is 13.9. The molecule has 3 aromatic carbocycles. The molecule has 1 atom stereocenters. The second-order valence-corrected chi connectivity index (χ2v) is 15.3. The van der Waals surface area contributed by atoms with Crippen LogP contribution in [0.4, 0.5) is 0 Å². The molecule has 3 aromatic rings. The fourth-order valence-corrected chi connectivity index (χ4v) is 8.74. The van der Waals surface area contributed by atoms with Crippen molar-refractivity contribution in [2.24, 2.45) is 0 Å². The fraction of sp³-hybridized carbons (Fsp3) is 0.357. The summed E-state index contributed by atoms with van der Waals surface area (Å²) in [6.45, 7) is 6.22. The third-order valence-corrected chi connectivity index (χ3v) is 14.8. The molecule has 5 heteroatoms. The van der Waals surface area contributed by atoms with Crippen LogP contribution in [0.1, 0.15) is 56.4 Å². The standard InChI is InChI=1S/C28H38BO3P/c1-5-33(6-2,7-3,8-4)32-29(30)31-28(26-22-16-11-17-23-26)27(24-18-12-9-13-19-24)25-20-14-10-15-21-25/h9-23,27-28,30H,5-8H2,1-4H3. The first-order chi connectivity index (χ1) is 16.0. The quantitative estimate of drug-likeness (QED) is 0.229. The molecule has 0 aliphatic rings. The number of hydrogen-bond acceptors (Lipinski definition) is 3. The van der Waals surface area contributed by atoms with Crippen molar-refractivity contribution in [3.8, 4) is 0 Å². The molecule has 3 rings (SSSR count). The zero-order chi connectivity index (χ0) is 23.8. The minimum atomic E-state index is -2.53. The van der Waals surface area contributed by atoms with E-state index in [1.54, 1.807) is 0 Å². The molecule has 1 unspecified atom stereocenters. The predicted molar refractivity (Wildman–Crippen MR) is 143 cm³/mol. The summed E-state index contributed by atoms with van der Waals surface area (Å²) in [7, 11) is -1.29. The summed E-state index contributed by atoms with van der Waals surface area (Å²) < 4.78 is 13.0. The molecule has 0 amide bonds. The number of rotatable bonds is 12. The summed E-state index contributed by atoms with van der Waals surface area (Å²) >= 11 is 0. The SMILES string of the molecule is CCP(CC)(CC)(CC)OB(O)OC(c1ccccc1)C(c1ccccc1)c1ccccc1. The Morgan fingerprint density at radius 1 is 0.636 bits per heavy atom. The van der Waals surface area contributed by atoms with E-state index in [1.165, 1.54) is 0 Å². The van der Waals surface area contributed by atoms with E-state index in [9.17, 15) is 5.02 Å². The van der Waals surface area contributed by atoms with Crippen LogP contribution in [0.5, 0.6) is 0 Å². The average Bonchev–Trinajstić information content (AvgIpc) is 2.89. The summed E-state index contributed by atoms with van der Waals surface area (Å²) in [5.74, 6) is -0.0921. The van der Waals surface area contributed by atoms with E-state index in [4.69, 9.17) is 9.10 Å². The van der Waals surface area contributed by atoms with E-state index in [1.807, 2.05) is 30.3 Å². The first-order valence-electron chi connectivity index (χ1n) is 12.2. The minimum absolute atomic E-state index is 0.0921. The van der Waals surface area contributed by atoms with Crippen LogP contribution in [-0.4, -0.2) is 37.0 Å². The molecule has 0 aliphatic carbocycles. The summed E-state index contributed by atoms with van der Waals surface area (Å²) in [5.41, 5.74) is 3.29. The molecule has 0 spiro atoms. The zero-order valence-corrected chi connectivity index (χ0v) is 21.3. The molecule has 176 valence electrons. The predicted octanol–water partition coefficient (Wildman–Crippen LogP) is 7.12. The van der Waals surface area contributed by atoms with Crippen LogP contribution < -0.4 is 0 Å². The van der Waals surface area contributed by atoms with Gasteiger partial charge in [-0.2, -0.15) is 0 Å². The molecule has 0 aliphatic heterocycles. The number of benzene rings is 3. The Balaban J connectivity index is 2.04. The van der Waals surface area contributed by atoms with Crippen molar-refractivity contribution in [2.45, 2.75) is 39.7 Å². The first kappa shape index (κ1) is 25.7. The summed E-state index contributed by atoms with van der Waals surface area (Å²) in [5, 5.41) is 11.2. The topological polar surface area (TPSA) is 38.7 Å². The molecule has 0 aromatic heterocycles. The Hall–Kier alpha value is -1.97. The number of hydrogen-bond donors (Lipinski definition) is 1. The fourth-order valence-electron chi connectivity index (χ4n) is 4.90.